The van der Waals surface area contributed by atoms with Crippen molar-refractivity contribution in [2.75, 3.05) is 38.7 Å². The quantitative estimate of drug-likeness (QED) is 0.345. The number of hydrogen-bond donors (Lipinski definition) is 2. The molecule has 13 heteroatoms. The van der Waals surface area contributed by atoms with Gasteiger partial charge < -0.3 is 10.1 Å². The molecule has 5 rings (SSSR count). The summed E-state index contributed by atoms with van der Waals surface area (Å²) >= 11 is 0. The molecule has 1 fully saturated rings. The first-order valence-electron chi connectivity index (χ1n) is 12.7. The van der Waals surface area contributed by atoms with Crippen molar-refractivity contribution in [1.29, 1.82) is 0 Å². The number of rotatable bonds is 8. The third-order valence-corrected chi connectivity index (χ3v) is 6.96. The number of carbonyl (C=O) groups is 1. The van der Waals surface area contributed by atoms with Crippen LogP contribution >= 0.6 is 0 Å². The highest BCUT2D eigenvalue weighted by Gasteiger charge is 2.35. The normalized spacial score (nSPS) is 17.4. The van der Waals surface area contributed by atoms with E-state index < -0.39 is 29.5 Å². The third kappa shape index (κ3) is 5.70. The molecular formula is C27H29F3N8O2. The molecule has 0 spiro atoms. The third-order valence-electron chi connectivity index (χ3n) is 6.96. The maximum Gasteiger partial charge on any atom is 0.320 e. The first kappa shape index (κ1) is 27.3. The topological polar surface area (TPSA) is 102 Å². The lowest BCUT2D eigenvalue weighted by Gasteiger charge is -2.21. The number of nitrogens with one attached hydrogen (secondary N) is 2. The minimum atomic E-state index is -0.942. The van der Waals surface area contributed by atoms with E-state index in [4.69, 9.17) is 4.74 Å². The predicted octanol–water partition coefficient (Wildman–Crippen LogP) is 3.63. The zero-order valence-corrected chi connectivity index (χ0v) is 22.2. The monoisotopic (exact) mass is 554 g/mol. The van der Waals surface area contributed by atoms with Gasteiger partial charge in [0.15, 0.2) is 11.6 Å². The molecule has 2 unspecified atom stereocenters. The highest BCUT2D eigenvalue weighted by atomic mass is 19.2. The van der Waals surface area contributed by atoms with Crippen LogP contribution in [0.25, 0.3) is 16.9 Å². The van der Waals surface area contributed by atoms with Crippen LogP contribution in [0, 0.1) is 24.4 Å². The largest absolute Gasteiger partial charge is 0.383 e. The van der Waals surface area contributed by atoms with Gasteiger partial charge in [-0.15, -0.1) is 0 Å². The highest BCUT2D eigenvalue weighted by molar-refractivity contribution is 5.91. The molecule has 210 valence electrons. The van der Waals surface area contributed by atoms with Gasteiger partial charge in [-0.05, 0) is 24.6 Å². The number of benzene rings is 1. The molecule has 2 N–H and O–H groups in total. The molecule has 4 aromatic rings. The number of likely N-dealkylation sites (tertiary alicyclic amines) is 1. The Hall–Kier alpha value is -4.23. The fourth-order valence-electron chi connectivity index (χ4n) is 4.99. The number of aromatic nitrogens is 5. The minimum absolute atomic E-state index is 0.290. The van der Waals surface area contributed by atoms with Crippen LogP contribution in [0.2, 0.25) is 0 Å². The average Bonchev–Trinajstić information content (AvgIpc) is 3.62. The minimum Gasteiger partial charge on any atom is -0.383 e. The fourth-order valence-corrected chi connectivity index (χ4v) is 4.99. The molecule has 3 aromatic heterocycles. The van der Waals surface area contributed by atoms with Crippen molar-refractivity contribution in [3.8, 4) is 16.9 Å². The molecular weight excluding hydrogens is 525 g/mol. The number of nitrogens with zero attached hydrogens (tertiary/aromatic N) is 6. The Kier molecular flexibility index (Phi) is 7.85. The van der Waals surface area contributed by atoms with Gasteiger partial charge in [0.1, 0.15) is 17.3 Å². The molecule has 1 aliphatic heterocycles. The van der Waals surface area contributed by atoms with Crippen LogP contribution in [0.15, 0.2) is 49.1 Å². The van der Waals surface area contributed by atoms with E-state index in [0.717, 1.165) is 17.8 Å². The Morgan fingerprint density at radius 2 is 1.95 bits per heavy atom. The lowest BCUT2D eigenvalue weighted by Crippen LogP contribution is -2.42. The number of anilines is 1. The van der Waals surface area contributed by atoms with E-state index in [0.29, 0.717) is 54.6 Å². The predicted molar refractivity (Wildman–Crippen MR) is 142 cm³/mol. The summed E-state index contributed by atoms with van der Waals surface area (Å²) in [5.41, 5.74) is 2.81. The van der Waals surface area contributed by atoms with Crippen molar-refractivity contribution >= 4 is 11.8 Å². The average molecular weight is 555 g/mol. The second kappa shape index (κ2) is 11.5. The Balaban J connectivity index is 1.43. The summed E-state index contributed by atoms with van der Waals surface area (Å²) in [7, 11) is 3.38. The van der Waals surface area contributed by atoms with E-state index in [1.807, 2.05) is 0 Å². The van der Waals surface area contributed by atoms with Gasteiger partial charge in [-0.25, -0.2) is 22.6 Å². The lowest BCUT2D eigenvalue weighted by atomic mass is 9.94. The van der Waals surface area contributed by atoms with E-state index in [2.05, 4.69) is 30.7 Å². The number of aryl methyl sites for hydroxylation is 1. The maximum atomic E-state index is 14.1. The molecule has 0 aliphatic carbocycles. The SMILES string of the molecule is COCCN1CC(NC(=O)Nc2c(C)c(-c3cnn(C)c3)nn2-c2cncc(F)c2)C(c2ccc(F)c(F)c2)C1. The molecule has 1 saturated heterocycles. The van der Waals surface area contributed by atoms with Gasteiger partial charge in [-0.2, -0.15) is 10.2 Å². The number of ether oxygens (including phenoxy) is 1. The van der Waals surface area contributed by atoms with E-state index in [1.165, 1.54) is 29.1 Å². The van der Waals surface area contributed by atoms with Crippen LogP contribution in [-0.2, 0) is 11.8 Å². The van der Waals surface area contributed by atoms with Gasteiger partial charge in [0.2, 0.25) is 0 Å². The molecule has 0 radical (unpaired) electrons. The van der Waals surface area contributed by atoms with E-state index in [1.54, 1.807) is 38.2 Å². The van der Waals surface area contributed by atoms with Gasteiger partial charge >= 0.3 is 6.03 Å². The fraction of sp³-hybridized carbons (Fsp3) is 0.333. The number of methoxy groups -OCH3 is 1. The van der Waals surface area contributed by atoms with E-state index in [9.17, 15) is 18.0 Å². The zero-order chi connectivity index (χ0) is 28.4. The summed E-state index contributed by atoms with van der Waals surface area (Å²) < 4.78 is 50.0. The number of amides is 2. The molecule has 1 aromatic carbocycles. The summed E-state index contributed by atoms with van der Waals surface area (Å²) in [4.78, 5) is 19.4. The van der Waals surface area contributed by atoms with Gasteiger partial charge in [-0.3, -0.25) is 19.9 Å². The van der Waals surface area contributed by atoms with Gasteiger partial charge in [0, 0.05) is 63.1 Å². The molecule has 2 amide bonds. The summed E-state index contributed by atoms with van der Waals surface area (Å²) in [6.45, 7) is 3.90. The first-order valence-corrected chi connectivity index (χ1v) is 12.7. The summed E-state index contributed by atoms with van der Waals surface area (Å²) in [5, 5.41) is 14.7. The molecule has 4 heterocycles. The van der Waals surface area contributed by atoms with Crippen molar-refractivity contribution in [2.45, 2.75) is 18.9 Å². The summed E-state index contributed by atoms with van der Waals surface area (Å²) in [5.74, 6) is -2.40. The number of halogens is 3. The standard InChI is InChI=1S/C27H29F3N8O2/c1-16-25(18-10-32-36(2)13-18)35-38(20-9-19(28)11-31-12-20)26(16)34-27(39)33-24-15-37(6-7-40-3)14-21(24)17-4-5-22(29)23(30)8-17/h4-5,8-13,21,24H,6-7,14-15H2,1-3H3,(H2,33,34,39). The number of pyridine rings is 1. The zero-order valence-electron chi connectivity index (χ0n) is 22.2. The molecule has 2 atom stereocenters. The molecule has 0 bridgehead atoms. The van der Waals surface area contributed by atoms with Gasteiger partial charge in [-0.1, -0.05) is 6.07 Å². The van der Waals surface area contributed by atoms with Crippen molar-refractivity contribution in [3.05, 3.63) is 77.6 Å². The van der Waals surface area contributed by atoms with Crippen LogP contribution in [0.5, 0.6) is 0 Å². The van der Waals surface area contributed by atoms with Crippen molar-refractivity contribution in [1.82, 2.24) is 34.8 Å². The number of urea groups is 1. The molecule has 0 saturated carbocycles. The second-order valence-corrected chi connectivity index (χ2v) is 9.74. The smallest absolute Gasteiger partial charge is 0.320 e. The number of carbonyl (C=O) groups excluding carboxylic acids is 1. The van der Waals surface area contributed by atoms with Crippen LogP contribution in [0.4, 0.5) is 23.8 Å². The van der Waals surface area contributed by atoms with Crippen molar-refractivity contribution in [3.63, 3.8) is 0 Å². The Morgan fingerprint density at radius 3 is 2.65 bits per heavy atom. The van der Waals surface area contributed by atoms with Gasteiger partial charge in [0.05, 0.1) is 36.9 Å². The Morgan fingerprint density at radius 1 is 1.12 bits per heavy atom. The van der Waals surface area contributed by atoms with Gasteiger partial charge in [0.25, 0.3) is 0 Å². The summed E-state index contributed by atoms with van der Waals surface area (Å²) in [6, 6.07) is 4.12. The maximum absolute atomic E-state index is 14.1. The van der Waals surface area contributed by atoms with Crippen molar-refractivity contribution in [2.24, 2.45) is 7.05 Å². The lowest BCUT2D eigenvalue weighted by molar-refractivity contribution is 0.159. The molecule has 10 nitrogen and oxygen atoms in total. The van der Waals surface area contributed by atoms with Crippen molar-refractivity contribution < 1.29 is 22.7 Å². The number of hydrogen-bond acceptors (Lipinski definition) is 6. The molecule has 40 heavy (non-hydrogen) atoms. The Labute approximate surface area is 228 Å². The Bertz CT molecular complexity index is 1520. The van der Waals surface area contributed by atoms with E-state index >= 15 is 0 Å². The first-order chi connectivity index (χ1) is 19.2. The van der Waals surface area contributed by atoms with Crippen LogP contribution in [0.3, 0.4) is 0 Å². The second-order valence-electron chi connectivity index (χ2n) is 9.74. The summed E-state index contributed by atoms with van der Waals surface area (Å²) in [6.07, 6.45) is 5.95. The molecule has 1 aliphatic rings. The van der Waals surface area contributed by atoms with E-state index in [-0.39, 0.29) is 5.92 Å². The highest BCUT2D eigenvalue weighted by Crippen LogP contribution is 2.31. The van der Waals surface area contributed by atoms with Crippen LogP contribution < -0.4 is 10.6 Å². The van der Waals surface area contributed by atoms with Crippen LogP contribution in [0.1, 0.15) is 17.0 Å². The van der Waals surface area contributed by atoms with Crippen LogP contribution in [-0.4, -0.2) is 74.9 Å².